The summed E-state index contributed by atoms with van der Waals surface area (Å²) in [4.78, 5) is 34.8. The zero-order valence-electron chi connectivity index (χ0n) is 12.6. The van der Waals surface area contributed by atoms with E-state index in [0.717, 1.165) is 32.1 Å². The fraction of sp³-hybridized carbons (Fsp3) is 0.800. The number of ether oxygens (including phenoxy) is 1. The van der Waals surface area contributed by atoms with Gasteiger partial charge in [-0.25, -0.2) is 4.79 Å². The molecule has 0 spiro atoms. The molecule has 3 amide bonds. The Morgan fingerprint density at radius 3 is 2.36 bits per heavy atom. The Bertz CT molecular complexity index is 508. The first-order valence-corrected chi connectivity index (χ1v) is 8.10. The lowest BCUT2D eigenvalue weighted by molar-refractivity contribution is -0.171. The van der Waals surface area contributed by atoms with E-state index in [9.17, 15) is 14.4 Å². The highest BCUT2D eigenvalue weighted by atomic mass is 35.5. The number of nitrogens with one attached hydrogen (secondary N) is 2. The van der Waals surface area contributed by atoms with Gasteiger partial charge < -0.3 is 10.1 Å². The third-order valence-corrected chi connectivity index (χ3v) is 5.68. The normalized spacial score (nSPS) is 38.5. The number of carbonyl (C=O) groups is 3. The van der Waals surface area contributed by atoms with Crippen molar-refractivity contribution in [1.29, 1.82) is 0 Å². The van der Waals surface area contributed by atoms with Gasteiger partial charge in [0.1, 0.15) is 0 Å². The number of hydrogen-bond donors (Lipinski definition) is 2. The van der Waals surface area contributed by atoms with Crippen LogP contribution in [0.5, 0.6) is 0 Å². The lowest BCUT2D eigenvalue weighted by Crippen LogP contribution is -2.56. The summed E-state index contributed by atoms with van der Waals surface area (Å²) in [6, 6.07) is -0.615. The molecule has 0 aromatic rings. The van der Waals surface area contributed by atoms with Crippen LogP contribution in [-0.2, 0) is 14.3 Å². The van der Waals surface area contributed by atoms with Gasteiger partial charge in [0.15, 0.2) is 6.61 Å². The molecule has 2 N–H and O–H groups in total. The zero-order chi connectivity index (χ0) is 16.0. The smallest absolute Gasteiger partial charge is 0.321 e. The molecular weight excluding hydrogens is 308 g/mol. The van der Waals surface area contributed by atoms with Crippen molar-refractivity contribution in [2.24, 2.45) is 17.3 Å². The maximum absolute atomic E-state index is 12.5. The van der Waals surface area contributed by atoms with Gasteiger partial charge in [-0.2, -0.15) is 0 Å². The summed E-state index contributed by atoms with van der Waals surface area (Å²) >= 11 is 6.67. The third kappa shape index (κ3) is 2.81. The van der Waals surface area contributed by atoms with E-state index in [4.69, 9.17) is 16.3 Å². The van der Waals surface area contributed by atoms with E-state index in [2.05, 4.69) is 10.6 Å². The molecule has 4 aliphatic carbocycles. The van der Waals surface area contributed by atoms with Crippen molar-refractivity contribution in [3.8, 4) is 0 Å². The van der Waals surface area contributed by atoms with Gasteiger partial charge in [-0.3, -0.25) is 14.9 Å². The summed E-state index contributed by atoms with van der Waals surface area (Å²) in [5, 5.41) is 4.34. The molecule has 0 aliphatic heterocycles. The highest BCUT2D eigenvalue weighted by Crippen LogP contribution is 2.64. The van der Waals surface area contributed by atoms with Crippen molar-refractivity contribution in [2.45, 2.75) is 43.4 Å². The summed E-state index contributed by atoms with van der Waals surface area (Å²) in [5.41, 5.74) is -0.529. The number of rotatable bonds is 3. The summed E-state index contributed by atoms with van der Waals surface area (Å²) in [6.07, 6.45) is 5.39. The van der Waals surface area contributed by atoms with Crippen LogP contribution in [-0.4, -0.2) is 36.4 Å². The Morgan fingerprint density at radius 2 is 1.82 bits per heavy atom. The second-order valence-electron chi connectivity index (χ2n) is 7.10. The van der Waals surface area contributed by atoms with Crippen LogP contribution in [0.1, 0.15) is 38.5 Å². The lowest BCUT2D eigenvalue weighted by atomic mass is 9.49. The summed E-state index contributed by atoms with van der Waals surface area (Å²) in [6.45, 7) is -0.432. The molecule has 22 heavy (non-hydrogen) atoms. The SMILES string of the molecule is CNC(=O)NC(=O)COC(=O)C12C[C@@H]3C[C@@H](CC(Cl)(C3)C1)C2. The monoisotopic (exact) mass is 328 g/mol. The van der Waals surface area contributed by atoms with Crippen molar-refractivity contribution in [3.63, 3.8) is 0 Å². The van der Waals surface area contributed by atoms with Crippen LogP contribution < -0.4 is 10.6 Å². The minimum atomic E-state index is -0.627. The van der Waals surface area contributed by atoms with Crippen molar-refractivity contribution in [2.75, 3.05) is 13.7 Å². The van der Waals surface area contributed by atoms with Crippen molar-refractivity contribution >= 4 is 29.5 Å². The second-order valence-corrected chi connectivity index (χ2v) is 7.90. The number of imide groups is 1. The quantitative estimate of drug-likeness (QED) is 0.608. The molecule has 4 saturated carbocycles. The third-order valence-electron chi connectivity index (χ3n) is 5.24. The first kappa shape index (κ1) is 15.6. The molecule has 4 bridgehead atoms. The molecule has 7 heteroatoms. The van der Waals surface area contributed by atoms with Crippen LogP contribution in [0.25, 0.3) is 0 Å². The first-order chi connectivity index (χ1) is 10.3. The van der Waals surface area contributed by atoms with Gasteiger partial charge in [0.25, 0.3) is 5.91 Å². The zero-order valence-corrected chi connectivity index (χ0v) is 13.4. The van der Waals surface area contributed by atoms with E-state index in [-0.39, 0.29) is 10.8 Å². The number of urea groups is 1. The predicted molar refractivity (Wildman–Crippen MR) is 79.3 cm³/mol. The summed E-state index contributed by atoms with van der Waals surface area (Å²) in [7, 11) is 1.41. The van der Waals surface area contributed by atoms with Gasteiger partial charge in [-0.05, 0) is 50.4 Å². The molecule has 4 fully saturated rings. The minimum Gasteiger partial charge on any atom is -0.455 e. The molecule has 0 radical (unpaired) electrons. The summed E-state index contributed by atoms with van der Waals surface area (Å²) < 4.78 is 5.19. The Balaban J connectivity index is 1.60. The molecule has 0 heterocycles. The van der Waals surface area contributed by atoms with E-state index < -0.39 is 24.0 Å². The Morgan fingerprint density at radius 1 is 1.18 bits per heavy atom. The Hall–Kier alpha value is -1.30. The molecule has 0 saturated heterocycles. The number of halogens is 1. The Labute approximate surface area is 134 Å². The average molecular weight is 329 g/mol. The molecule has 122 valence electrons. The molecule has 4 aliphatic rings. The topological polar surface area (TPSA) is 84.5 Å². The fourth-order valence-electron chi connectivity index (χ4n) is 4.90. The lowest BCUT2D eigenvalue weighted by Gasteiger charge is -2.58. The van der Waals surface area contributed by atoms with Gasteiger partial charge in [0, 0.05) is 11.9 Å². The number of alkyl halides is 1. The van der Waals surface area contributed by atoms with Crippen molar-refractivity contribution < 1.29 is 19.1 Å². The maximum atomic E-state index is 12.5. The largest absolute Gasteiger partial charge is 0.455 e. The molecule has 0 aromatic heterocycles. The van der Waals surface area contributed by atoms with E-state index >= 15 is 0 Å². The number of carbonyl (C=O) groups excluding carboxylic acids is 3. The highest BCUT2D eigenvalue weighted by molar-refractivity contribution is 6.24. The van der Waals surface area contributed by atoms with Gasteiger partial charge in [-0.15, -0.1) is 11.6 Å². The van der Waals surface area contributed by atoms with Gasteiger partial charge in [-0.1, -0.05) is 0 Å². The first-order valence-electron chi connectivity index (χ1n) is 7.72. The highest BCUT2D eigenvalue weighted by Gasteiger charge is 2.60. The molecule has 4 atom stereocenters. The van der Waals surface area contributed by atoms with Crippen LogP contribution in [0.15, 0.2) is 0 Å². The van der Waals surface area contributed by atoms with Crippen LogP contribution in [0, 0.1) is 17.3 Å². The van der Waals surface area contributed by atoms with Gasteiger partial charge in [0.05, 0.1) is 5.41 Å². The van der Waals surface area contributed by atoms with Crippen LogP contribution >= 0.6 is 11.6 Å². The number of amides is 3. The number of esters is 1. The van der Waals surface area contributed by atoms with Crippen LogP contribution in [0.3, 0.4) is 0 Å². The minimum absolute atomic E-state index is 0.270. The van der Waals surface area contributed by atoms with Gasteiger partial charge >= 0.3 is 12.0 Å². The van der Waals surface area contributed by atoms with Crippen molar-refractivity contribution in [3.05, 3.63) is 0 Å². The second kappa shape index (κ2) is 5.41. The molecule has 2 unspecified atom stereocenters. The van der Waals surface area contributed by atoms with E-state index in [1.165, 1.54) is 7.05 Å². The van der Waals surface area contributed by atoms with Crippen LogP contribution in [0.2, 0.25) is 0 Å². The maximum Gasteiger partial charge on any atom is 0.321 e. The van der Waals surface area contributed by atoms with Crippen molar-refractivity contribution in [1.82, 2.24) is 10.6 Å². The van der Waals surface area contributed by atoms with Crippen LogP contribution in [0.4, 0.5) is 4.79 Å². The van der Waals surface area contributed by atoms with E-state index in [1.54, 1.807) is 0 Å². The fourth-order valence-corrected chi connectivity index (χ4v) is 5.59. The average Bonchev–Trinajstić information content (AvgIpc) is 2.41. The standard InChI is InChI=1S/C15H21ClN2O4/c1-17-13(21)18-11(19)7-22-12(20)14-3-9-2-10(4-14)6-15(16,5-9)8-14/h9-10H,2-8H2,1H3,(H2,17,18,19,21)/t9-,10+,14?,15?. The molecular formula is C15H21ClN2O4. The molecule has 4 rings (SSSR count). The van der Waals surface area contributed by atoms with Gasteiger partial charge in [0.2, 0.25) is 0 Å². The molecule has 0 aromatic carbocycles. The molecule has 6 nitrogen and oxygen atoms in total. The van der Waals surface area contributed by atoms with E-state index in [0.29, 0.717) is 18.3 Å². The number of hydrogen-bond acceptors (Lipinski definition) is 4. The van der Waals surface area contributed by atoms with E-state index in [1.807, 2.05) is 0 Å². The Kier molecular flexibility index (Phi) is 3.83. The predicted octanol–water partition coefficient (Wildman–Crippen LogP) is 1.56. The summed E-state index contributed by atoms with van der Waals surface area (Å²) in [5.74, 6) is 0.0219.